The number of likely N-dealkylation sites (tertiary alicyclic amines) is 1. The predicted molar refractivity (Wildman–Crippen MR) is 110 cm³/mol. The van der Waals surface area contributed by atoms with Crippen molar-refractivity contribution in [1.82, 2.24) is 9.88 Å². The normalized spacial score (nSPS) is 17.0. The second-order valence-electron chi connectivity index (χ2n) is 8.92. The summed E-state index contributed by atoms with van der Waals surface area (Å²) >= 11 is 0. The van der Waals surface area contributed by atoms with Crippen LogP contribution in [0.15, 0.2) is 24.4 Å². The third kappa shape index (κ3) is 5.75. The van der Waals surface area contributed by atoms with Crippen molar-refractivity contribution in [3.63, 3.8) is 0 Å². The quantitative estimate of drug-likeness (QED) is 0.675. The van der Waals surface area contributed by atoms with Crippen LogP contribution in [0.1, 0.15) is 45.6 Å². The van der Waals surface area contributed by atoms with Crippen LogP contribution >= 0.6 is 0 Å². The van der Waals surface area contributed by atoms with E-state index in [1.54, 1.807) is 6.20 Å². The van der Waals surface area contributed by atoms with Gasteiger partial charge >= 0.3 is 6.18 Å². The maximum atomic E-state index is 12.6. The first kappa shape index (κ1) is 21.7. The molecule has 0 radical (unpaired) electrons. The van der Waals surface area contributed by atoms with Gasteiger partial charge < -0.3 is 10.3 Å². The van der Waals surface area contributed by atoms with Crippen LogP contribution in [-0.4, -0.2) is 41.6 Å². The number of anilines is 1. The Kier molecular flexibility index (Phi) is 6.27. The summed E-state index contributed by atoms with van der Waals surface area (Å²) < 4.78 is 37.8. The SMILES string of the molecule is CC(=O)Nc1c[nH]c2ccc(CCC(C)(C)C3CCN(CC(F)(F)F)CC3)cc12. The number of benzene rings is 1. The number of hydrogen-bond acceptors (Lipinski definition) is 2. The minimum absolute atomic E-state index is 0.0674. The number of carbonyl (C=O) groups excluding carboxylic acids is 1. The standard InChI is InChI=1S/C22H30F3N3O/c1-15(29)27-20-13-26-19-5-4-16(12-18(19)20)6-9-21(2,3)17-7-10-28(11-8-17)14-22(23,24)25/h4-5,12-13,17,26H,6-11,14H2,1-3H3,(H,27,29). The summed E-state index contributed by atoms with van der Waals surface area (Å²) in [5.41, 5.74) is 3.03. The number of H-pyrrole nitrogens is 1. The van der Waals surface area contributed by atoms with Crippen molar-refractivity contribution in [3.05, 3.63) is 30.0 Å². The van der Waals surface area contributed by atoms with Crippen LogP contribution < -0.4 is 5.32 Å². The largest absolute Gasteiger partial charge is 0.401 e. The van der Waals surface area contributed by atoms with Crippen LogP contribution in [0, 0.1) is 11.3 Å². The van der Waals surface area contributed by atoms with Gasteiger partial charge in [0.2, 0.25) is 5.91 Å². The molecule has 0 aliphatic carbocycles. The molecule has 2 N–H and O–H groups in total. The Labute approximate surface area is 169 Å². The van der Waals surface area contributed by atoms with Crippen molar-refractivity contribution in [2.45, 2.75) is 52.6 Å². The number of piperidine rings is 1. The van der Waals surface area contributed by atoms with Crippen LogP contribution in [0.4, 0.5) is 18.9 Å². The monoisotopic (exact) mass is 409 g/mol. The summed E-state index contributed by atoms with van der Waals surface area (Å²) in [6, 6.07) is 6.23. The molecule has 1 aliphatic rings. The Morgan fingerprint density at radius 1 is 1.24 bits per heavy atom. The topological polar surface area (TPSA) is 48.1 Å². The number of aryl methyl sites for hydroxylation is 1. The van der Waals surface area contributed by atoms with E-state index in [1.807, 2.05) is 6.07 Å². The highest BCUT2D eigenvalue weighted by Gasteiger charge is 2.36. The van der Waals surface area contributed by atoms with E-state index in [1.165, 1.54) is 17.4 Å². The molecule has 1 aromatic carbocycles. The van der Waals surface area contributed by atoms with E-state index >= 15 is 0 Å². The molecule has 0 bridgehead atoms. The van der Waals surface area contributed by atoms with Crippen molar-refractivity contribution in [2.75, 3.05) is 25.0 Å². The predicted octanol–water partition coefficient (Wildman–Crippen LogP) is 5.36. The molecule has 1 fully saturated rings. The highest BCUT2D eigenvalue weighted by Crippen LogP contribution is 2.39. The van der Waals surface area contributed by atoms with Crippen LogP contribution in [0.25, 0.3) is 10.9 Å². The Morgan fingerprint density at radius 3 is 2.55 bits per heavy atom. The third-order valence-electron chi connectivity index (χ3n) is 6.21. The van der Waals surface area contributed by atoms with Gasteiger partial charge in [0.05, 0.1) is 12.2 Å². The molecule has 0 unspecified atom stereocenters. The van der Waals surface area contributed by atoms with Gasteiger partial charge in [0, 0.05) is 24.0 Å². The Balaban J connectivity index is 1.59. The minimum Gasteiger partial charge on any atom is -0.359 e. The van der Waals surface area contributed by atoms with Crippen LogP contribution in [0.2, 0.25) is 0 Å². The zero-order valence-electron chi connectivity index (χ0n) is 17.3. The lowest BCUT2D eigenvalue weighted by Gasteiger charge is -2.41. The van der Waals surface area contributed by atoms with E-state index in [9.17, 15) is 18.0 Å². The van der Waals surface area contributed by atoms with Gasteiger partial charge in [-0.2, -0.15) is 13.2 Å². The summed E-state index contributed by atoms with van der Waals surface area (Å²) in [4.78, 5) is 16.1. The zero-order chi connectivity index (χ0) is 21.2. The van der Waals surface area contributed by atoms with Gasteiger partial charge in [0.1, 0.15) is 0 Å². The highest BCUT2D eigenvalue weighted by atomic mass is 19.4. The summed E-state index contributed by atoms with van der Waals surface area (Å²) in [5, 5.41) is 3.84. The molecule has 1 aromatic heterocycles. The molecule has 160 valence electrons. The zero-order valence-corrected chi connectivity index (χ0v) is 17.3. The van der Waals surface area contributed by atoms with Crippen molar-refractivity contribution < 1.29 is 18.0 Å². The Hall–Kier alpha value is -2.02. The summed E-state index contributed by atoms with van der Waals surface area (Å²) in [5.74, 6) is 0.326. The average molecular weight is 409 g/mol. The number of nitrogens with zero attached hydrogens (tertiary/aromatic N) is 1. The average Bonchev–Trinajstić information content (AvgIpc) is 3.01. The molecular formula is C22H30F3N3O. The molecule has 3 rings (SSSR count). The molecule has 0 atom stereocenters. The van der Waals surface area contributed by atoms with Crippen molar-refractivity contribution in [2.24, 2.45) is 11.3 Å². The number of aromatic amines is 1. The third-order valence-corrected chi connectivity index (χ3v) is 6.21. The molecule has 0 saturated carbocycles. The molecule has 1 aliphatic heterocycles. The molecular weight excluding hydrogens is 379 g/mol. The number of rotatable bonds is 6. The number of amides is 1. The van der Waals surface area contributed by atoms with Crippen molar-refractivity contribution in [1.29, 1.82) is 0 Å². The number of alkyl halides is 3. The van der Waals surface area contributed by atoms with Crippen molar-refractivity contribution >= 4 is 22.5 Å². The lowest BCUT2D eigenvalue weighted by molar-refractivity contribution is -0.149. The summed E-state index contributed by atoms with van der Waals surface area (Å²) in [6.45, 7) is 6.19. The minimum atomic E-state index is -4.12. The van der Waals surface area contributed by atoms with Gasteiger partial charge in [-0.1, -0.05) is 19.9 Å². The second-order valence-corrected chi connectivity index (χ2v) is 8.92. The molecule has 1 saturated heterocycles. The second kappa shape index (κ2) is 8.38. The first-order chi connectivity index (χ1) is 13.5. The molecule has 2 heterocycles. The molecule has 4 nitrogen and oxygen atoms in total. The number of carbonyl (C=O) groups is 1. The highest BCUT2D eigenvalue weighted by molar-refractivity contribution is 6.01. The fourth-order valence-corrected chi connectivity index (χ4v) is 4.41. The van der Waals surface area contributed by atoms with E-state index in [0.29, 0.717) is 19.0 Å². The number of nitrogens with one attached hydrogen (secondary N) is 2. The van der Waals surface area contributed by atoms with E-state index in [-0.39, 0.29) is 11.3 Å². The molecule has 29 heavy (non-hydrogen) atoms. The van der Waals surface area contributed by atoms with Gasteiger partial charge in [0.25, 0.3) is 0 Å². The van der Waals surface area contributed by atoms with Crippen LogP contribution in [-0.2, 0) is 11.2 Å². The van der Waals surface area contributed by atoms with Gasteiger partial charge in [0.15, 0.2) is 0 Å². The first-order valence-corrected chi connectivity index (χ1v) is 10.2. The fraction of sp³-hybridized carbons (Fsp3) is 0.591. The number of hydrogen-bond donors (Lipinski definition) is 2. The summed E-state index contributed by atoms with van der Waals surface area (Å²) in [7, 11) is 0. The van der Waals surface area contributed by atoms with Crippen LogP contribution in [0.5, 0.6) is 0 Å². The lowest BCUT2D eigenvalue weighted by Crippen LogP contribution is -2.43. The number of fused-ring (bicyclic) bond motifs is 1. The van der Waals surface area contributed by atoms with E-state index in [4.69, 9.17) is 0 Å². The fourth-order valence-electron chi connectivity index (χ4n) is 4.41. The van der Waals surface area contributed by atoms with Gasteiger partial charge in [-0.25, -0.2) is 0 Å². The smallest absolute Gasteiger partial charge is 0.359 e. The maximum absolute atomic E-state index is 12.6. The number of halogens is 3. The molecule has 1 amide bonds. The van der Waals surface area contributed by atoms with Crippen LogP contribution in [0.3, 0.4) is 0 Å². The molecule has 7 heteroatoms. The lowest BCUT2D eigenvalue weighted by atomic mass is 9.70. The van der Waals surface area contributed by atoms with E-state index in [2.05, 4.69) is 36.3 Å². The van der Waals surface area contributed by atoms with Gasteiger partial charge in [-0.3, -0.25) is 9.69 Å². The Bertz CT molecular complexity index is 849. The maximum Gasteiger partial charge on any atom is 0.401 e. The number of aromatic nitrogens is 1. The van der Waals surface area contributed by atoms with Crippen molar-refractivity contribution in [3.8, 4) is 0 Å². The van der Waals surface area contributed by atoms with E-state index < -0.39 is 12.7 Å². The molecule has 0 spiro atoms. The van der Waals surface area contributed by atoms with E-state index in [0.717, 1.165) is 42.3 Å². The summed E-state index contributed by atoms with van der Waals surface area (Å²) in [6.07, 6.45) is 1.18. The molecule has 2 aromatic rings. The first-order valence-electron chi connectivity index (χ1n) is 10.2. The van der Waals surface area contributed by atoms with Gasteiger partial charge in [-0.15, -0.1) is 0 Å². The van der Waals surface area contributed by atoms with Gasteiger partial charge in [-0.05, 0) is 67.8 Å². The Morgan fingerprint density at radius 2 is 1.93 bits per heavy atom.